The number of aromatic nitrogens is 1. The van der Waals surface area contributed by atoms with E-state index in [1.165, 1.54) is 18.2 Å². The topological polar surface area (TPSA) is 105 Å². The van der Waals surface area contributed by atoms with Gasteiger partial charge < -0.3 is 15.0 Å². The van der Waals surface area contributed by atoms with Gasteiger partial charge in [-0.2, -0.15) is 0 Å². The summed E-state index contributed by atoms with van der Waals surface area (Å²) >= 11 is 0. The van der Waals surface area contributed by atoms with E-state index < -0.39 is 27.2 Å². The maximum absolute atomic E-state index is 13.4. The van der Waals surface area contributed by atoms with Crippen molar-refractivity contribution in [3.63, 3.8) is 0 Å². The van der Waals surface area contributed by atoms with E-state index in [0.717, 1.165) is 12.1 Å². The fourth-order valence-electron chi connectivity index (χ4n) is 4.55. The number of carbonyl (C=O) groups is 2. The minimum Gasteiger partial charge on any atom is -0.480 e. The minimum absolute atomic E-state index is 0.0389. The lowest BCUT2D eigenvalue weighted by Gasteiger charge is -2.32. The van der Waals surface area contributed by atoms with Gasteiger partial charge in [0.15, 0.2) is 0 Å². The number of benzene rings is 2. The summed E-state index contributed by atoms with van der Waals surface area (Å²) in [7, 11) is -3.95. The molecule has 1 aliphatic rings. The standard InChI is InChI=1S/C25H25FN2O5S/c1-15-19(23-20(28(15)14-22(29)30)13-25(2,3)27-24(23)31)12-16-6-4-5-7-21(16)34(32,33)18-10-8-17(26)9-11-18/h4-11H,12-14H2,1-3H3,(H,27,31)(H,29,30). The van der Waals surface area contributed by atoms with Gasteiger partial charge in [0, 0.05) is 29.8 Å². The Hall–Kier alpha value is -3.46. The first-order valence-corrected chi connectivity index (χ1v) is 12.2. The van der Waals surface area contributed by atoms with Crippen LogP contribution in [0.3, 0.4) is 0 Å². The first kappa shape index (κ1) is 23.7. The van der Waals surface area contributed by atoms with Crippen molar-refractivity contribution < 1.29 is 27.5 Å². The third kappa shape index (κ3) is 4.23. The molecule has 1 aliphatic heterocycles. The molecular weight excluding hydrogens is 459 g/mol. The van der Waals surface area contributed by atoms with E-state index in [1.54, 1.807) is 29.7 Å². The molecule has 1 amide bonds. The third-order valence-electron chi connectivity index (χ3n) is 6.09. The molecule has 1 aromatic heterocycles. The van der Waals surface area contributed by atoms with Crippen LogP contribution in [0.5, 0.6) is 0 Å². The third-order valence-corrected chi connectivity index (χ3v) is 7.96. The quantitative estimate of drug-likeness (QED) is 0.521. The molecule has 0 spiro atoms. The van der Waals surface area contributed by atoms with Crippen LogP contribution in [0, 0.1) is 12.7 Å². The van der Waals surface area contributed by atoms with Crippen molar-refractivity contribution in [1.82, 2.24) is 9.88 Å². The van der Waals surface area contributed by atoms with Crippen molar-refractivity contribution in [2.24, 2.45) is 0 Å². The molecule has 0 aliphatic carbocycles. The van der Waals surface area contributed by atoms with Crippen LogP contribution in [0.15, 0.2) is 58.3 Å². The Morgan fingerprint density at radius 3 is 2.44 bits per heavy atom. The minimum atomic E-state index is -3.95. The molecule has 2 aromatic carbocycles. The number of carboxylic acids is 1. The molecule has 0 saturated carbocycles. The summed E-state index contributed by atoms with van der Waals surface area (Å²) in [6, 6.07) is 11.1. The second-order valence-corrected chi connectivity index (χ2v) is 11.0. The van der Waals surface area contributed by atoms with Gasteiger partial charge in [-0.25, -0.2) is 12.8 Å². The Kier molecular flexibility index (Phi) is 5.85. The lowest BCUT2D eigenvalue weighted by molar-refractivity contribution is -0.137. The van der Waals surface area contributed by atoms with Crippen LogP contribution in [0.25, 0.3) is 0 Å². The predicted molar refractivity (Wildman–Crippen MR) is 123 cm³/mol. The average molecular weight is 485 g/mol. The molecule has 3 aromatic rings. The largest absolute Gasteiger partial charge is 0.480 e. The number of rotatable bonds is 6. The van der Waals surface area contributed by atoms with Gasteiger partial charge in [-0.05, 0) is 62.2 Å². The summed E-state index contributed by atoms with van der Waals surface area (Å²) in [6.45, 7) is 5.18. The number of amides is 1. The highest BCUT2D eigenvalue weighted by molar-refractivity contribution is 7.91. The molecule has 0 fully saturated rings. The van der Waals surface area contributed by atoms with E-state index in [-0.39, 0.29) is 28.7 Å². The van der Waals surface area contributed by atoms with Gasteiger partial charge in [0.2, 0.25) is 9.84 Å². The van der Waals surface area contributed by atoms with Gasteiger partial charge in [-0.3, -0.25) is 9.59 Å². The van der Waals surface area contributed by atoms with Crippen LogP contribution in [0.1, 0.15) is 46.7 Å². The molecule has 2 N–H and O–H groups in total. The number of nitrogens with zero attached hydrogens (tertiary/aromatic N) is 1. The second kappa shape index (κ2) is 8.39. The van der Waals surface area contributed by atoms with Crippen LogP contribution >= 0.6 is 0 Å². The Morgan fingerprint density at radius 1 is 1.15 bits per heavy atom. The molecule has 0 unspecified atom stereocenters. The summed E-state index contributed by atoms with van der Waals surface area (Å²) in [6.07, 6.45) is 0.558. The number of carboxylic acid groups (broad SMARTS) is 1. The fourth-order valence-corrected chi connectivity index (χ4v) is 6.04. The first-order valence-electron chi connectivity index (χ1n) is 10.7. The molecule has 7 nitrogen and oxygen atoms in total. The predicted octanol–water partition coefficient (Wildman–Crippen LogP) is 3.51. The van der Waals surface area contributed by atoms with Crippen LogP contribution in [0.4, 0.5) is 4.39 Å². The number of carbonyl (C=O) groups excluding carboxylic acids is 1. The zero-order valence-electron chi connectivity index (χ0n) is 19.1. The number of sulfone groups is 1. The van der Waals surface area contributed by atoms with Crippen molar-refractivity contribution in [3.05, 3.63) is 82.4 Å². The van der Waals surface area contributed by atoms with Gasteiger partial charge >= 0.3 is 5.97 Å². The lowest BCUT2D eigenvalue weighted by Crippen LogP contribution is -2.49. The number of halogens is 1. The summed E-state index contributed by atoms with van der Waals surface area (Å²) in [5.74, 6) is -1.88. The van der Waals surface area contributed by atoms with E-state index in [0.29, 0.717) is 34.5 Å². The molecule has 0 atom stereocenters. The highest BCUT2D eigenvalue weighted by atomic mass is 32.2. The Labute approximate surface area is 197 Å². The Morgan fingerprint density at radius 2 is 1.79 bits per heavy atom. The van der Waals surface area contributed by atoms with Crippen LogP contribution < -0.4 is 5.32 Å². The van der Waals surface area contributed by atoms with E-state index in [2.05, 4.69) is 5.32 Å². The van der Waals surface area contributed by atoms with Crippen molar-refractivity contribution in [2.75, 3.05) is 0 Å². The van der Waals surface area contributed by atoms with E-state index in [1.807, 2.05) is 13.8 Å². The fraction of sp³-hybridized carbons (Fsp3) is 0.280. The number of fused-ring (bicyclic) bond motifs is 1. The number of aliphatic carboxylic acids is 1. The number of hydrogen-bond donors (Lipinski definition) is 2. The first-order chi connectivity index (χ1) is 15.9. The molecule has 4 rings (SSSR count). The van der Waals surface area contributed by atoms with Crippen LogP contribution in [0.2, 0.25) is 0 Å². The molecule has 2 heterocycles. The highest BCUT2D eigenvalue weighted by Crippen LogP contribution is 2.34. The summed E-state index contributed by atoms with van der Waals surface area (Å²) in [5.41, 5.74) is 2.13. The van der Waals surface area contributed by atoms with Gasteiger partial charge in [0.05, 0.1) is 15.4 Å². The molecule has 34 heavy (non-hydrogen) atoms. The van der Waals surface area contributed by atoms with Gasteiger partial charge in [0.25, 0.3) is 5.91 Å². The zero-order valence-corrected chi connectivity index (χ0v) is 19.9. The van der Waals surface area contributed by atoms with Crippen molar-refractivity contribution in [3.8, 4) is 0 Å². The maximum atomic E-state index is 13.4. The molecule has 0 saturated heterocycles. The number of nitrogens with one attached hydrogen (secondary N) is 1. The molecule has 0 bridgehead atoms. The zero-order chi connectivity index (χ0) is 24.8. The van der Waals surface area contributed by atoms with E-state index in [9.17, 15) is 27.5 Å². The van der Waals surface area contributed by atoms with Gasteiger partial charge in [0.1, 0.15) is 12.4 Å². The van der Waals surface area contributed by atoms with Crippen LogP contribution in [-0.4, -0.2) is 35.5 Å². The number of hydrogen-bond acceptors (Lipinski definition) is 4. The van der Waals surface area contributed by atoms with Crippen molar-refractivity contribution in [2.45, 2.75) is 55.5 Å². The second-order valence-electron chi connectivity index (χ2n) is 9.12. The van der Waals surface area contributed by atoms with Crippen molar-refractivity contribution in [1.29, 1.82) is 0 Å². The van der Waals surface area contributed by atoms with E-state index >= 15 is 0 Å². The Balaban J connectivity index is 1.85. The van der Waals surface area contributed by atoms with Crippen LogP contribution in [-0.2, 0) is 34.0 Å². The van der Waals surface area contributed by atoms with E-state index in [4.69, 9.17) is 0 Å². The Bertz CT molecular complexity index is 1410. The van der Waals surface area contributed by atoms with Crippen molar-refractivity contribution >= 4 is 21.7 Å². The SMILES string of the molecule is Cc1c(Cc2ccccc2S(=O)(=O)c2ccc(F)cc2)c2c(n1CC(=O)O)CC(C)(C)NC2=O. The smallest absolute Gasteiger partial charge is 0.323 e. The maximum Gasteiger partial charge on any atom is 0.323 e. The normalized spacial score (nSPS) is 15.0. The average Bonchev–Trinajstić information content (AvgIpc) is 2.99. The van der Waals surface area contributed by atoms with Gasteiger partial charge in [-0.1, -0.05) is 18.2 Å². The molecular formula is C25H25FN2O5S. The summed E-state index contributed by atoms with van der Waals surface area (Å²) in [4.78, 5) is 24.6. The monoisotopic (exact) mass is 484 g/mol. The summed E-state index contributed by atoms with van der Waals surface area (Å²) < 4.78 is 41.7. The van der Waals surface area contributed by atoms with Gasteiger partial charge in [-0.15, -0.1) is 0 Å². The summed E-state index contributed by atoms with van der Waals surface area (Å²) in [5, 5.41) is 12.4. The molecule has 9 heteroatoms. The highest BCUT2D eigenvalue weighted by Gasteiger charge is 2.37. The lowest BCUT2D eigenvalue weighted by atomic mass is 9.89. The molecule has 0 radical (unpaired) electrons. The molecule has 178 valence electrons.